The summed E-state index contributed by atoms with van der Waals surface area (Å²) in [4.78, 5) is 4.08. The molecule has 0 radical (unpaired) electrons. The molecule has 2 aromatic carbocycles. The number of aryl methyl sites for hydroxylation is 1. The van der Waals surface area contributed by atoms with Crippen LogP contribution in [0.1, 0.15) is 11.1 Å². The van der Waals surface area contributed by atoms with Crippen molar-refractivity contribution < 1.29 is 4.74 Å². The summed E-state index contributed by atoms with van der Waals surface area (Å²) in [5, 5.41) is 6.58. The standard InChI is InChI=1S/C17H16N4OS/c1-12-6-8-14(9-7-12)22-15-5-3-2-4-13(15)10-19-21-17-20-16(18)11-23-17/h2-11H,18H2,1H3,(H,20,21). The van der Waals surface area contributed by atoms with Crippen LogP contribution in [0.15, 0.2) is 59.0 Å². The number of anilines is 2. The van der Waals surface area contributed by atoms with Crippen LogP contribution < -0.4 is 15.9 Å². The van der Waals surface area contributed by atoms with Crippen molar-refractivity contribution in [2.75, 3.05) is 11.2 Å². The number of nitrogens with zero attached hydrogens (tertiary/aromatic N) is 2. The third-order valence-corrected chi connectivity index (χ3v) is 3.82. The Labute approximate surface area is 138 Å². The van der Waals surface area contributed by atoms with Gasteiger partial charge in [0.2, 0.25) is 5.13 Å². The van der Waals surface area contributed by atoms with Gasteiger partial charge in [-0.2, -0.15) is 5.10 Å². The Hall–Kier alpha value is -2.86. The Balaban J connectivity index is 1.73. The van der Waals surface area contributed by atoms with E-state index >= 15 is 0 Å². The van der Waals surface area contributed by atoms with Gasteiger partial charge in [0.25, 0.3) is 0 Å². The average molecular weight is 324 g/mol. The number of nitrogens with two attached hydrogens (primary N) is 1. The van der Waals surface area contributed by atoms with Crippen molar-refractivity contribution in [2.24, 2.45) is 5.10 Å². The first-order valence-electron chi connectivity index (χ1n) is 7.04. The minimum absolute atomic E-state index is 0.482. The molecule has 0 aliphatic carbocycles. The first-order chi connectivity index (χ1) is 11.2. The molecule has 0 bridgehead atoms. The van der Waals surface area contributed by atoms with E-state index in [-0.39, 0.29) is 0 Å². The third-order valence-electron chi connectivity index (χ3n) is 3.05. The molecule has 1 aromatic heterocycles. The maximum absolute atomic E-state index is 5.92. The number of nitrogen functional groups attached to an aromatic ring is 1. The molecule has 0 aliphatic heterocycles. The fraction of sp³-hybridized carbons (Fsp3) is 0.0588. The molecule has 0 aliphatic rings. The molecule has 23 heavy (non-hydrogen) atoms. The Morgan fingerprint density at radius 3 is 2.70 bits per heavy atom. The molecular weight excluding hydrogens is 308 g/mol. The number of rotatable bonds is 5. The zero-order valence-electron chi connectivity index (χ0n) is 12.6. The van der Waals surface area contributed by atoms with Crippen LogP contribution >= 0.6 is 11.3 Å². The number of nitrogens with one attached hydrogen (secondary N) is 1. The number of benzene rings is 2. The van der Waals surface area contributed by atoms with Gasteiger partial charge in [-0.05, 0) is 31.2 Å². The van der Waals surface area contributed by atoms with Gasteiger partial charge >= 0.3 is 0 Å². The topological polar surface area (TPSA) is 72.5 Å². The van der Waals surface area contributed by atoms with E-state index in [0.717, 1.165) is 17.1 Å². The predicted octanol–water partition coefficient (Wildman–Crippen LogP) is 4.27. The molecule has 0 unspecified atom stereocenters. The lowest BCUT2D eigenvalue weighted by atomic mass is 10.2. The highest BCUT2D eigenvalue weighted by molar-refractivity contribution is 7.14. The molecule has 3 aromatic rings. The first kappa shape index (κ1) is 15.1. The third kappa shape index (κ3) is 4.08. The Morgan fingerprint density at radius 1 is 1.17 bits per heavy atom. The molecule has 3 rings (SSSR count). The van der Waals surface area contributed by atoms with Crippen LogP contribution in [0.5, 0.6) is 11.5 Å². The first-order valence-corrected chi connectivity index (χ1v) is 7.92. The fourth-order valence-electron chi connectivity index (χ4n) is 1.91. The van der Waals surface area contributed by atoms with Crippen LogP contribution in [0.25, 0.3) is 0 Å². The van der Waals surface area contributed by atoms with Crippen LogP contribution in [0, 0.1) is 6.92 Å². The van der Waals surface area contributed by atoms with E-state index in [1.54, 1.807) is 11.6 Å². The zero-order chi connectivity index (χ0) is 16.1. The number of hydrogen-bond donors (Lipinski definition) is 2. The van der Waals surface area contributed by atoms with E-state index in [2.05, 4.69) is 15.5 Å². The quantitative estimate of drug-likeness (QED) is 0.543. The Kier molecular flexibility index (Phi) is 4.54. The van der Waals surface area contributed by atoms with Gasteiger partial charge in [-0.1, -0.05) is 29.8 Å². The van der Waals surface area contributed by atoms with E-state index in [1.807, 2.05) is 55.5 Å². The van der Waals surface area contributed by atoms with Crippen molar-refractivity contribution in [3.63, 3.8) is 0 Å². The molecule has 0 atom stereocenters. The fourth-order valence-corrected chi connectivity index (χ4v) is 2.46. The number of ether oxygens (including phenoxy) is 1. The maximum Gasteiger partial charge on any atom is 0.205 e. The minimum Gasteiger partial charge on any atom is -0.457 e. The van der Waals surface area contributed by atoms with Gasteiger partial charge in [0.1, 0.15) is 17.3 Å². The molecule has 0 fully saturated rings. The van der Waals surface area contributed by atoms with Crippen LogP contribution in [0.4, 0.5) is 10.9 Å². The van der Waals surface area contributed by atoms with Gasteiger partial charge in [0.05, 0.1) is 6.21 Å². The Bertz CT molecular complexity index is 811. The van der Waals surface area contributed by atoms with Crippen molar-refractivity contribution in [2.45, 2.75) is 6.92 Å². The van der Waals surface area contributed by atoms with E-state index in [1.165, 1.54) is 16.9 Å². The summed E-state index contributed by atoms with van der Waals surface area (Å²) in [7, 11) is 0. The second-order valence-electron chi connectivity index (χ2n) is 4.90. The average Bonchev–Trinajstić information content (AvgIpc) is 2.97. The molecule has 0 saturated heterocycles. The largest absolute Gasteiger partial charge is 0.457 e. The zero-order valence-corrected chi connectivity index (χ0v) is 13.4. The molecule has 6 heteroatoms. The number of hydrazone groups is 1. The van der Waals surface area contributed by atoms with E-state index in [9.17, 15) is 0 Å². The highest BCUT2D eigenvalue weighted by Gasteiger charge is 2.03. The summed E-state index contributed by atoms with van der Waals surface area (Å²) in [5.74, 6) is 2.01. The van der Waals surface area contributed by atoms with Crippen LogP contribution in [-0.2, 0) is 0 Å². The molecule has 0 saturated carbocycles. The predicted molar refractivity (Wildman–Crippen MR) is 95.4 cm³/mol. The van der Waals surface area contributed by atoms with Crippen molar-refractivity contribution in [1.82, 2.24) is 4.98 Å². The molecular formula is C17H16N4OS. The molecule has 0 amide bonds. The number of thiazole rings is 1. The van der Waals surface area contributed by atoms with E-state index in [4.69, 9.17) is 10.5 Å². The molecule has 1 heterocycles. The SMILES string of the molecule is Cc1ccc(Oc2ccccc2C=NNc2nc(N)cs2)cc1. The van der Waals surface area contributed by atoms with Crippen LogP contribution in [0.3, 0.4) is 0 Å². The smallest absolute Gasteiger partial charge is 0.205 e. The van der Waals surface area contributed by atoms with Crippen molar-refractivity contribution in [3.8, 4) is 11.5 Å². The summed E-state index contributed by atoms with van der Waals surface area (Å²) < 4.78 is 5.92. The van der Waals surface area contributed by atoms with Crippen molar-refractivity contribution in [3.05, 3.63) is 65.0 Å². The lowest BCUT2D eigenvalue weighted by Crippen LogP contribution is -1.94. The minimum atomic E-state index is 0.482. The van der Waals surface area contributed by atoms with Gasteiger partial charge in [0, 0.05) is 10.9 Å². The highest BCUT2D eigenvalue weighted by atomic mass is 32.1. The van der Waals surface area contributed by atoms with Gasteiger partial charge in [0.15, 0.2) is 0 Å². The van der Waals surface area contributed by atoms with Crippen molar-refractivity contribution in [1.29, 1.82) is 0 Å². The van der Waals surface area contributed by atoms with Gasteiger partial charge < -0.3 is 10.5 Å². The number of hydrogen-bond acceptors (Lipinski definition) is 6. The second kappa shape index (κ2) is 6.93. The van der Waals surface area contributed by atoms with Gasteiger partial charge in [-0.3, -0.25) is 5.43 Å². The summed E-state index contributed by atoms with van der Waals surface area (Å²) in [6, 6.07) is 15.6. The van der Waals surface area contributed by atoms with Crippen molar-refractivity contribution >= 4 is 28.5 Å². The molecule has 116 valence electrons. The normalized spacial score (nSPS) is 10.8. The van der Waals surface area contributed by atoms with Gasteiger partial charge in [-0.15, -0.1) is 11.3 Å². The van der Waals surface area contributed by atoms with Crippen LogP contribution in [0.2, 0.25) is 0 Å². The second-order valence-corrected chi connectivity index (χ2v) is 5.76. The lowest BCUT2D eigenvalue weighted by Gasteiger charge is -2.08. The number of aromatic nitrogens is 1. The molecule has 3 N–H and O–H groups in total. The Morgan fingerprint density at radius 2 is 1.96 bits per heavy atom. The summed E-state index contributed by atoms with van der Waals surface area (Å²) in [5.41, 5.74) is 10.5. The van der Waals surface area contributed by atoms with Crippen LogP contribution in [-0.4, -0.2) is 11.2 Å². The van der Waals surface area contributed by atoms with E-state index in [0.29, 0.717) is 10.9 Å². The van der Waals surface area contributed by atoms with E-state index < -0.39 is 0 Å². The maximum atomic E-state index is 5.92. The van der Waals surface area contributed by atoms with Gasteiger partial charge in [-0.25, -0.2) is 4.98 Å². The lowest BCUT2D eigenvalue weighted by molar-refractivity contribution is 0.482. The summed E-state index contributed by atoms with van der Waals surface area (Å²) in [6.07, 6.45) is 1.70. The molecule has 0 spiro atoms. The number of para-hydroxylation sites is 1. The highest BCUT2D eigenvalue weighted by Crippen LogP contribution is 2.24. The summed E-state index contributed by atoms with van der Waals surface area (Å²) in [6.45, 7) is 2.04. The summed E-state index contributed by atoms with van der Waals surface area (Å²) >= 11 is 1.40. The molecule has 5 nitrogen and oxygen atoms in total. The monoisotopic (exact) mass is 324 g/mol.